The summed E-state index contributed by atoms with van der Waals surface area (Å²) in [5, 5.41) is 0. The van der Waals surface area contributed by atoms with Crippen LogP contribution in [-0.2, 0) is 5.41 Å². The van der Waals surface area contributed by atoms with E-state index in [1.165, 1.54) is 0 Å². The predicted octanol–water partition coefficient (Wildman–Crippen LogP) is 3.67. The van der Waals surface area contributed by atoms with Gasteiger partial charge in [0.2, 0.25) is 0 Å². The number of aromatic nitrogens is 1. The molecule has 3 heteroatoms. The van der Waals surface area contributed by atoms with Crippen LogP contribution >= 0.6 is 0 Å². The maximum atomic E-state index is 13.2. The summed E-state index contributed by atoms with van der Waals surface area (Å²) in [4.78, 5) is 17.5. The van der Waals surface area contributed by atoms with Crippen LogP contribution in [0.25, 0.3) is 0 Å². The Bertz CT molecular complexity index is 658. The molecule has 0 aliphatic heterocycles. The van der Waals surface area contributed by atoms with Crippen molar-refractivity contribution in [2.24, 2.45) is 0 Å². The molecule has 3 rings (SSSR count). The number of anilines is 1. The van der Waals surface area contributed by atoms with Gasteiger partial charge in [-0.25, -0.2) is 0 Å². The summed E-state index contributed by atoms with van der Waals surface area (Å²) in [7, 11) is 0. The van der Waals surface area contributed by atoms with Crippen molar-refractivity contribution >= 4 is 11.5 Å². The molecule has 21 heavy (non-hydrogen) atoms. The van der Waals surface area contributed by atoms with Crippen molar-refractivity contribution in [3.63, 3.8) is 0 Å². The molecule has 0 spiro atoms. The van der Waals surface area contributed by atoms with E-state index in [0.29, 0.717) is 11.4 Å². The molecule has 0 unspecified atom stereocenters. The Morgan fingerprint density at radius 1 is 1.14 bits per heavy atom. The van der Waals surface area contributed by atoms with Crippen molar-refractivity contribution < 1.29 is 4.79 Å². The summed E-state index contributed by atoms with van der Waals surface area (Å²) >= 11 is 0. The second kappa shape index (κ2) is 5.32. The zero-order valence-electron chi connectivity index (χ0n) is 12.3. The summed E-state index contributed by atoms with van der Waals surface area (Å²) in [6.07, 6.45) is 5.59. The molecular weight excluding hydrogens is 260 g/mol. The molecule has 0 bridgehead atoms. The highest BCUT2D eigenvalue weighted by molar-refractivity contribution is 6.04. The average Bonchev–Trinajstić information content (AvgIpc) is 3.01. The van der Waals surface area contributed by atoms with Gasteiger partial charge in [-0.2, -0.15) is 0 Å². The first-order valence-corrected chi connectivity index (χ1v) is 7.46. The van der Waals surface area contributed by atoms with Crippen LogP contribution in [0, 0.1) is 6.92 Å². The van der Waals surface area contributed by atoms with E-state index in [2.05, 4.69) is 17.1 Å². The zero-order chi connectivity index (χ0) is 14.9. The summed E-state index contributed by atoms with van der Waals surface area (Å²) in [5.74, 6) is 0.121. The van der Waals surface area contributed by atoms with Gasteiger partial charge in [0, 0.05) is 17.4 Å². The zero-order valence-corrected chi connectivity index (χ0v) is 12.3. The van der Waals surface area contributed by atoms with E-state index in [4.69, 9.17) is 5.73 Å². The van der Waals surface area contributed by atoms with Crippen molar-refractivity contribution in [1.82, 2.24) is 4.98 Å². The van der Waals surface area contributed by atoms with E-state index in [1.54, 1.807) is 12.3 Å². The number of ketones is 1. The van der Waals surface area contributed by atoms with Gasteiger partial charge in [-0.3, -0.25) is 9.78 Å². The van der Waals surface area contributed by atoms with E-state index in [0.717, 1.165) is 36.8 Å². The summed E-state index contributed by atoms with van der Waals surface area (Å²) in [6.45, 7) is 1.88. The fourth-order valence-electron chi connectivity index (χ4n) is 3.39. The van der Waals surface area contributed by atoms with Gasteiger partial charge in [-0.05, 0) is 31.4 Å². The molecular formula is C18H20N2O. The minimum absolute atomic E-state index is 0.121. The largest absolute Gasteiger partial charge is 0.398 e. The van der Waals surface area contributed by atoms with Gasteiger partial charge < -0.3 is 5.73 Å². The number of carbonyl (C=O) groups is 1. The predicted molar refractivity (Wildman–Crippen MR) is 84.3 cm³/mol. The van der Waals surface area contributed by atoms with Crippen LogP contribution < -0.4 is 5.73 Å². The fraction of sp³-hybridized carbons (Fsp3) is 0.333. The molecule has 3 nitrogen and oxygen atoms in total. The minimum atomic E-state index is -0.424. The maximum Gasteiger partial charge on any atom is 0.192 e. The van der Waals surface area contributed by atoms with Crippen LogP contribution in [0.3, 0.4) is 0 Å². The molecule has 0 atom stereocenters. The van der Waals surface area contributed by atoms with Crippen molar-refractivity contribution in [1.29, 1.82) is 0 Å². The molecule has 0 amide bonds. The molecule has 1 aliphatic rings. The fourth-order valence-corrected chi connectivity index (χ4v) is 3.39. The summed E-state index contributed by atoms with van der Waals surface area (Å²) in [5.41, 5.74) is 8.59. The molecule has 1 aliphatic carbocycles. The lowest BCUT2D eigenvalue weighted by Crippen LogP contribution is -2.34. The first-order chi connectivity index (χ1) is 10.1. The number of rotatable bonds is 3. The number of nitrogen functional groups attached to an aromatic ring is 1. The van der Waals surface area contributed by atoms with E-state index in [1.807, 2.05) is 25.1 Å². The highest BCUT2D eigenvalue weighted by Gasteiger charge is 2.43. The SMILES string of the molecule is Cc1c(N)ccnc1C(=O)C1(c2ccccc2)CCCC1. The maximum absolute atomic E-state index is 13.2. The number of carbonyl (C=O) groups excluding carboxylic acids is 1. The van der Waals surface area contributed by atoms with Crippen LogP contribution in [0.1, 0.15) is 47.3 Å². The highest BCUT2D eigenvalue weighted by Crippen LogP contribution is 2.43. The number of benzene rings is 1. The first kappa shape index (κ1) is 13.8. The number of Topliss-reactive ketones (excluding diaryl/α,β-unsaturated/α-hetero) is 1. The Labute approximate surface area is 125 Å². The molecule has 1 aromatic heterocycles. The number of nitrogens with two attached hydrogens (primary N) is 1. The van der Waals surface area contributed by atoms with E-state index >= 15 is 0 Å². The molecule has 2 aromatic rings. The van der Waals surface area contributed by atoms with Crippen molar-refractivity contribution in [3.8, 4) is 0 Å². The van der Waals surface area contributed by atoms with Gasteiger partial charge in [0.1, 0.15) is 5.69 Å². The Hall–Kier alpha value is -2.16. The lowest BCUT2D eigenvalue weighted by atomic mass is 9.73. The Morgan fingerprint density at radius 2 is 1.81 bits per heavy atom. The van der Waals surface area contributed by atoms with Gasteiger partial charge in [-0.1, -0.05) is 43.2 Å². The standard InChI is InChI=1S/C18H20N2O/c1-13-15(19)9-12-20-16(13)17(21)18(10-5-6-11-18)14-7-3-2-4-8-14/h2-4,7-9,12H,5-6,10-11H2,1H3,(H2,19,20). The Kier molecular flexibility index (Phi) is 3.50. The molecule has 108 valence electrons. The first-order valence-electron chi connectivity index (χ1n) is 7.46. The summed E-state index contributed by atoms with van der Waals surface area (Å²) in [6, 6.07) is 11.9. The quantitative estimate of drug-likeness (QED) is 0.873. The lowest BCUT2D eigenvalue weighted by molar-refractivity contribution is 0.0880. The van der Waals surface area contributed by atoms with E-state index in [-0.39, 0.29) is 5.78 Å². The van der Waals surface area contributed by atoms with Gasteiger partial charge >= 0.3 is 0 Å². The molecule has 1 heterocycles. The average molecular weight is 280 g/mol. The number of hydrogen-bond donors (Lipinski definition) is 1. The van der Waals surface area contributed by atoms with Gasteiger partial charge in [-0.15, -0.1) is 0 Å². The molecule has 2 N–H and O–H groups in total. The van der Waals surface area contributed by atoms with E-state index < -0.39 is 5.41 Å². The van der Waals surface area contributed by atoms with Gasteiger partial charge in [0.15, 0.2) is 5.78 Å². The third kappa shape index (κ3) is 2.23. The van der Waals surface area contributed by atoms with E-state index in [9.17, 15) is 4.79 Å². The van der Waals surface area contributed by atoms with Crippen LogP contribution in [-0.4, -0.2) is 10.8 Å². The molecule has 1 saturated carbocycles. The van der Waals surface area contributed by atoms with Crippen LogP contribution in [0.4, 0.5) is 5.69 Å². The van der Waals surface area contributed by atoms with Crippen molar-refractivity contribution in [2.45, 2.75) is 38.0 Å². The number of hydrogen-bond acceptors (Lipinski definition) is 3. The second-order valence-electron chi connectivity index (χ2n) is 5.86. The highest BCUT2D eigenvalue weighted by atomic mass is 16.1. The van der Waals surface area contributed by atoms with Crippen molar-refractivity contribution in [2.75, 3.05) is 5.73 Å². The lowest BCUT2D eigenvalue weighted by Gasteiger charge is -2.28. The molecule has 0 radical (unpaired) electrons. The third-order valence-corrected chi connectivity index (χ3v) is 4.68. The topological polar surface area (TPSA) is 56.0 Å². The monoisotopic (exact) mass is 280 g/mol. The number of nitrogens with zero attached hydrogens (tertiary/aromatic N) is 1. The van der Waals surface area contributed by atoms with Crippen molar-refractivity contribution in [3.05, 3.63) is 59.4 Å². The minimum Gasteiger partial charge on any atom is -0.398 e. The molecule has 1 fully saturated rings. The summed E-state index contributed by atoms with van der Waals surface area (Å²) < 4.78 is 0. The Balaban J connectivity index is 2.10. The van der Waals surface area contributed by atoms with Gasteiger partial charge in [0.05, 0.1) is 5.41 Å². The van der Waals surface area contributed by atoms with Crippen LogP contribution in [0.2, 0.25) is 0 Å². The molecule has 0 saturated heterocycles. The van der Waals surface area contributed by atoms with Gasteiger partial charge in [0.25, 0.3) is 0 Å². The Morgan fingerprint density at radius 3 is 2.48 bits per heavy atom. The second-order valence-corrected chi connectivity index (χ2v) is 5.86. The van der Waals surface area contributed by atoms with Crippen LogP contribution in [0.5, 0.6) is 0 Å². The van der Waals surface area contributed by atoms with Crippen LogP contribution in [0.15, 0.2) is 42.6 Å². The smallest absolute Gasteiger partial charge is 0.192 e. The third-order valence-electron chi connectivity index (χ3n) is 4.68. The molecule has 1 aromatic carbocycles. The number of pyridine rings is 1. The normalized spacial score (nSPS) is 16.8.